The number of phenols is 3. The lowest BCUT2D eigenvalue weighted by Gasteiger charge is -2.11. The van der Waals surface area contributed by atoms with Crippen molar-refractivity contribution in [1.29, 1.82) is 0 Å². The predicted octanol–water partition coefficient (Wildman–Crippen LogP) is 2.46. The van der Waals surface area contributed by atoms with Crippen LogP contribution in [0.3, 0.4) is 0 Å². The fourth-order valence-electron chi connectivity index (χ4n) is 2.44. The van der Waals surface area contributed by atoms with Crippen molar-refractivity contribution in [2.45, 2.75) is 0 Å². The highest BCUT2D eigenvalue weighted by molar-refractivity contribution is 5.88. The van der Waals surface area contributed by atoms with Gasteiger partial charge in [-0.1, -0.05) is 0 Å². The number of hydrogen-bond donors (Lipinski definition) is 3. The molecule has 9 heteroatoms. The molecule has 3 rings (SSSR count). The van der Waals surface area contributed by atoms with Gasteiger partial charge in [-0.3, -0.25) is 4.79 Å². The summed E-state index contributed by atoms with van der Waals surface area (Å²) in [5, 5.41) is 29.4. The van der Waals surface area contributed by atoms with Crippen LogP contribution in [-0.4, -0.2) is 29.5 Å². The van der Waals surface area contributed by atoms with Gasteiger partial charge in [-0.05, 0) is 18.2 Å². The van der Waals surface area contributed by atoms with Crippen molar-refractivity contribution in [3.05, 3.63) is 40.6 Å². The van der Waals surface area contributed by atoms with Gasteiger partial charge in [-0.25, -0.2) is 0 Å². The molecular formula is C17H14O9. The number of aromatic hydroxyl groups is 3. The Bertz CT molecular complexity index is 1020. The van der Waals surface area contributed by atoms with Crippen LogP contribution in [0.25, 0.3) is 22.3 Å². The zero-order chi connectivity index (χ0) is 18.8. The zero-order valence-corrected chi connectivity index (χ0v) is 13.7. The van der Waals surface area contributed by atoms with Crippen LogP contribution in [0, 0.1) is 0 Å². The molecule has 0 aliphatic rings. The van der Waals surface area contributed by atoms with Crippen molar-refractivity contribution in [3.63, 3.8) is 0 Å². The van der Waals surface area contributed by atoms with Crippen LogP contribution < -0.4 is 15.2 Å². The van der Waals surface area contributed by atoms with Crippen LogP contribution >= 0.6 is 0 Å². The van der Waals surface area contributed by atoms with Gasteiger partial charge in [-0.15, -0.1) is 0 Å². The molecule has 0 aliphatic carbocycles. The molecule has 0 atom stereocenters. The maximum absolute atomic E-state index is 12.7. The monoisotopic (exact) mass is 362 g/mol. The van der Waals surface area contributed by atoms with E-state index < -0.39 is 11.2 Å². The Labute approximate surface area is 146 Å². The van der Waals surface area contributed by atoms with E-state index in [1.807, 2.05) is 0 Å². The van der Waals surface area contributed by atoms with E-state index in [9.17, 15) is 20.1 Å². The van der Waals surface area contributed by atoms with Crippen LogP contribution in [0.2, 0.25) is 0 Å². The molecule has 0 radical (unpaired) electrons. The summed E-state index contributed by atoms with van der Waals surface area (Å²) in [4.78, 5) is 31.4. The molecule has 3 N–H and O–H groups in total. The van der Waals surface area contributed by atoms with E-state index in [0.29, 0.717) is 0 Å². The molecule has 1 aromatic heterocycles. The van der Waals surface area contributed by atoms with Crippen LogP contribution in [0.4, 0.5) is 0 Å². The second-order valence-corrected chi connectivity index (χ2v) is 5.11. The van der Waals surface area contributed by atoms with Crippen LogP contribution in [0.5, 0.6) is 28.7 Å². The SMILES string of the molecule is COOc1ccc(-c2oc3cc(O)cc(O)c3c(=O)c2OOC)cc1O. The van der Waals surface area contributed by atoms with E-state index in [0.717, 1.165) is 6.07 Å². The van der Waals surface area contributed by atoms with Gasteiger partial charge in [-0.2, -0.15) is 9.78 Å². The smallest absolute Gasteiger partial charge is 0.256 e. The number of benzene rings is 2. The summed E-state index contributed by atoms with van der Waals surface area (Å²) >= 11 is 0. The lowest BCUT2D eigenvalue weighted by atomic mass is 10.1. The summed E-state index contributed by atoms with van der Waals surface area (Å²) in [5.41, 5.74) is -0.556. The van der Waals surface area contributed by atoms with Crippen molar-refractivity contribution >= 4 is 11.0 Å². The molecule has 3 aromatic rings. The summed E-state index contributed by atoms with van der Waals surface area (Å²) in [7, 11) is 2.47. The fourth-order valence-corrected chi connectivity index (χ4v) is 2.44. The van der Waals surface area contributed by atoms with E-state index in [1.165, 1.54) is 38.5 Å². The summed E-state index contributed by atoms with van der Waals surface area (Å²) in [6, 6.07) is 6.28. The molecule has 9 nitrogen and oxygen atoms in total. The Morgan fingerprint density at radius 1 is 0.923 bits per heavy atom. The standard InChI is InChI=1S/C17H14O9/c1-22-25-12-4-3-8(5-10(12)19)16-17(26-23-2)15(21)14-11(20)6-9(18)7-13(14)24-16/h3-7,18-20H,1-2H3. The third-order valence-corrected chi connectivity index (χ3v) is 3.48. The summed E-state index contributed by atoms with van der Waals surface area (Å²) in [6.07, 6.45) is 0. The third-order valence-electron chi connectivity index (χ3n) is 3.48. The minimum atomic E-state index is -0.725. The van der Waals surface area contributed by atoms with Crippen molar-refractivity contribution in [3.8, 4) is 40.1 Å². The van der Waals surface area contributed by atoms with Gasteiger partial charge in [0.05, 0.1) is 14.2 Å². The second kappa shape index (κ2) is 6.82. The molecule has 2 aromatic carbocycles. The van der Waals surface area contributed by atoms with E-state index in [2.05, 4.69) is 9.78 Å². The van der Waals surface area contributed by atoms with Gasteiger partial charge >= 0.3 is 0 Å². The Hall–Kier alpha value is -3.43. The Morgan fingerprint density at radius 3 is 2.31 bits per heavy atom. The molecule has 0 spiro atoms. The molecule has 0 saturated carbocycles. The first-order valence-electron chi connectivity index (χ1n) is 7.23. The van der Waals surface area contributed by atoms with Crippen molar-refractivity contribution in [2.24, 2.45) is 0 Å². The predicted molar refractivity (Wildman–Crippen MR) is 88.2 cm³/mol. The first-order valence-corrected chi connectivity index (χ1v) is 7.23. The van der Waals surface area contributed by atoms with Gasteiger partial charge in [0.2, 0.25) is 11.2 Å². The molecule has 0 fully saturated rings. The van der Waals surface area contributed by atoms with E-state index in [1.54, 1.807) is 0 Å². The molecule has 0 bridgehead atoms. The van der Waals surface area contributed by atoms with Gasteiger partial charge in [0.25, 0.3) is 5.75 Å². The van der Waals surface area contributed by atoms with Crippen LogP contribution in [0.15, 0.2) is 39.5 Å². The average Bonchev–Trinajstić information content (AvgIpc) is 2.58. The quantitative estimate of drug-likeness (QED) is 0.463. The number of hydrogen-bond acceptors (Lipinski definition) is 9. The largest absolute Gasteiger partial charge is 0.508 e. The first kappa shape index (κ1) is 17.4. The number of rotatable bonds is 5. The molecule has 0 unspecified atom stereocenters. The minimum Gasteiger partial charge on any atom is -0.508 e. The van der Waals surface area contributed by atoms with Gasteiger partial charge < -0.3 is 29.5 Å². The van der Waals surface area contributed by atoms with Gasteiger partial charge in [0.1, 0.15) is 22.5 Å². The van der Waals surface area contributed by atoms with E-state index in [-0.39, 0.29) is 45.3 Å². The lowest BCUT2D eigenvalue weighted by molar-refractivity contribution is -0.179. The van der Waals surface area contributed by atoms with Gasteiger partial charge in [0, 0.05) is 17.7 Å². The number of phenolic OH excluding ortho intramolecular Hbond substituents is 3. The first-order chi connectivity index (χ1) is 12.5. The maximum Gasteiger partial charge on any atom is 0.256 e. The topological polar surface area (TPSA) is 128 Å². The molecule has 136 valence electrons. The number of fused-ring (bicyclic) bond motifs is 1. The summed E-state index contributed by atoms with van der Waals surface area (Å²) < 4.78 is 5.62. The van der Waals surface area contributed by atoms with Crippen LogP contribution in [-0.2, 0) is 9.78 Å². The molecule has 1 heterocycles. The van der Waals surface area contributed by atoms with Crippen LogP contribution in [0.1, 0.15) is 0 Å². The Balaban J connectivity index is 2.29. The third kappa shape index (κ3) is 2.96. The molecule has 0 aliphatic heterocycles. The summed E-state index contributed by atoms with van der Waals surface area (Å²) in [6.45, 7) is 0. The molecule has 0 saturated heterocycles. The molecule has 0 amide bonds. The van der Waals surface area contributed by atoms with E-state index in [4.69, 9.17) is 14.2 Å². The van der Waals surface area contributed by atoms with Crippen molar-refractivity contribution in [1.82, 2.24) is 0 Å². The van der Waals surface area contributed by atoms with Crippen molar-refractivity contribution < 1.29 is 39.3 Å². The molecule has 26 heavy (non-hydrogen) atoms. The van der Waals surface area contributed by atoms with Gasteiger partial charge in [0.15, 0.2) is 11.5 Å². The minimum absolute atomic E-state index is 0.0453. The zero-order valence-electron chi connectivity index (χ0n) is 13.7. The highest BCUT2D eigenvalue weighted by Crippen LogP contribution is 2.38. The Kier molecular flexibility index (Phi) is 4.57. The maximum atomic E-state index is 12.7. The Morgan fingerprint density at radius 2 is 1.65 bits per heavy atom. The average molecular weight is 362 g/mol. The normalized spacial score (nSPS) is 10.8. The highest BCUT2D eigenvalue weighted by Gasteiger charge is 2.22. The highest BCUT2D eigenvalue weighted by atomic mass is 17.2. The lowest BCUT2D eigenvalue weighted by Crippen LogP contribution is -2.09. The van der Waals surface area contributed by atoms with E-state index >= 15 is 0 Å². The fraction of sp³-hybridized carbons (Fsp3) is 0.118. The molecular weight excluding hydrogens is 348 g/mol. The second-order valence-electron chi connectivity index (χ2n) is 5.11. The van der Waals surface area contributed by atoms with Crippen molar-refractivity contribution in [2.75, 3.05) is 14.2 Å². The summed E-state index contributed by atoms with van der Waals surface area (Å²) in [5.74, 6) is -1.45.